The molecule has 0 aliphatic carbocycles. The Hall–Kier alpha value is -4.18. The first-order valence-corrected chi connectivity index (χ1v) is 10.6. The number of pyridine rings is 1. The highest BCUT2D eigenvalue weighted by Crippen LogP contribution is 2.17. The minimum atomic E-state index is -1.27. The number of rotatable bonds is 10. The summed E-state index contributed by atoms with van der Waals surface area (Å²) in [7, 11) is 1.18. The van der Waals surface area contributed by atoms with Crippen molar-refractivity contribution in [2.45, 2.75) is 18.5 Å². The molecule has 2 atom stereocenters. The molecule has 178 valence electrons. The van der Waals surface area contributed by atoms with Crippen LogP contribution in [-0.4, -0.2) is 65.3 Å². The van der Waals surface area contributed by atoms with Crippen molar-refractivity contribution >= 4 is 34.5 Å². The molecule has 2 amide bonds. The molecule has 34 heavy (non-hydrogen) atoms. The van der Waals surface area contributed by atoms with Crippen LogP contribution in [0.1, 0.15) is 5.56 Å². The second-order valence-corrected chi connectivity index (χ2v) is 7.49. The fraction of sp³-hybridized carbons (Fsp3) is 0.250. The van der Waals surface area contributed by atoms with Crippen LogP contribution >= 0.6 is 0 Å². The number of aliphatic hydroxyl groups excluding tert-OH is 1. The normalized spacial score (nSPS) is 12.4. The van der Waals surface area contributed by atoms with Gasteiger partial charge in [0, 0.05) is 11.8 Å². The van der Waals surface area contributed by atoms with Gasteiger partial charge in [-0.25, -0.2) is 4.98 Å². The predicted molar refractivity (Wildman–Crippen MR) is 125 cm³/mol. The lowest BCUT2D eigenvalue weighted by atomic mass is 10.0. The van der Waals surface area contributed by atoms with Crippen molar-refractivity contribution in [3.05, 3.63) is 66.2 Å². The van der Waals surface area contributed by atoms with E-state index in [1.54, 1.807) is 18.2 Å². The van der Waals surface area contributed by atoms with E-state index in [0.717, 1.165) is 16.5 Å². The highest BCUT2D eigenvalue weighted by Gasteiger charge is 2.26. The highest BCUT2D eigenvalue weighted by molar-refractivity contribution is 5.92. The van der Waals surface area contributed by atoms with Crippen LogP contribution in [0, 0.1) is 0 Å². The Kier molecular flexibility index (Phi) is 8.36. The van der Waals surface area contributed by atoms with Crippen molar-refractivity contribution in [3.8, 4) is 5.75 Å². The third-order valence-corrected chi connectivity index (χ3v) is 5.06. The average molecular weight is 466 g/mol. The molecule has 10 heteroatoms. The first-order valence-electron chi connectivity index (χ1n) is 10.6. The number of aliphatic hydroxyl groups is 1. The lowest BCUT2D eigenvalue weighted by molar-refractivity contribution is -0.141. The monoisotopic (exact) mass is 466 g/mol. The van der Waals surface area contributed by atoms with Crippen molar-refractivity contribution in [1.82, 2.24) is 15.6 Å². The SMILES string of the molecule is COC(=O)CNC(=O)C(CO)NC(=O)C(Cc1ccc(O)cc1)Nc1ccc2ccccc2n1. The summed E-state index contributed by atoms with van der Waals surface area (Å²) in [5.74, 6) is -1.40. The summed E-state index contributed by atoms with van der Waals surface area (Å²) >= 11 is 0. The second-order valence-electron chi connectivity index (χ2n) is 7.49. The number of ether oxygens (including phenoxy) is 1. The maximum atomic E-state index is 13.1. The number of amides is 2. The number of phenols is 1. The van der Waals surface area contributed by atoms with Crippen molar-refractivity contribution in [2.75, 3.05) is 25.6 Å². The highest BCUT2D eigenvalue weighted by atomic mass is 16.5. The number of esters is 1. The number of carbonyl (C=O) groups is 3. The number of nitrogens with one attached hydrogen (secondary N) is 3. The predicted octanol–water partition coefficient (Wildman–Crippen LogP) is 0.730. The standard InChI is InChI=1S/C24H26N4O6/c1-34-22(31)13-25-23(32)20(14-29)28-24(33)19(12-15-6-9-17(30)10-7-15)27-21-11-8-16-4-2-3-5-18(16)26-21/h2-11,19-20,29-30H,12-14H2,1H3,(H,25,32)(H,26,27)(H,28,33). The Balaban J connectivity index is 1.78. The quantitative estimate of drug-likeness (QED) is 0.275. The lowest BCUT2D eigenvalue weighted by Crippen LogP contribution is -2.53. The van der Waals surface area contributed by atoms with E-state index < -0.39 is 43.0 Å². The van der Waals surface area contributed by atoms with Gasteiger partial charge in [-0.15, -0.1) is 0 Å². The fourth-order valence-corrected chi connectivity index (χ4v) is 3.22. The van der Waals surface area contributed by atoms with Gasteiger partial charge in [-0.2, -0.15) is 0 Å². The molecule has 0 fully saturated rings. The molecule has 0 radical (unpaired) electrons. The van der Waals surface area contributed by atoms with E-state index in [1.807, 2.05) is 30.3 Å². The van der Waals surface area contributed by atoms with Gasteiger partial charge in [0.15, 0.2) is 0 Å². The molecule has 0 aliphatic rings. The summed E-state index contributed by atoms with van der Waals surface area (Å²) in [5, 5.41) is 28.0. The molecule has 0 bridgehead atoms. The van der Waals surface area contributed by atoms with Crippen LogP contribution in [0.15, 0.2) is 60.7 Å². The Morgan fingerprint density at radius 2 is 1.71 bits per heavy atom. The van der Waals surface area contributed by atoms with Crippen LogP contribution < -0.4 is 16.0 Å². The number of benzene rings is 2. The maximum absolute atomic E-state index is 13.1. The molecule has 0 spiro atoms. The van der Waals surface area contributed by atoms with E-state index in [4.69, 9.17) is 0 Å². The van der Waals surface area contributed by atoms with E-state index in [0.29, 0.717) is 5.82 Å². The summed E-state index contributed by atoms with van der Waals surface area (Å²) in [6.45, 7) is -1.06. The van der Waals surface area contributed by atoms with Gasteiger partial charge in [0.25, 0.3) is 0 Å². The van der Waals surface area contributed by atoms with E-state index >= 15 is 0 Å². The number of aromatic nitrogens is 1. The van der Waals surface area contributed by atoms with Gasteiger partial charge in [0.2, 0.25) is 11.8 Å². The van der Waals surface area contributed by atoms with Gasteiger partial charge in [0.05, 0.1) is 19.2 Å². The molecule has 2 aromatic carbocycles. The maximum Gasteiger partial charge on any atom is 0.325 e. The summed E-state index contributed by atoms with van der Waals surface area (Å²) in [5.41, 5.74) is 1.49. The molecule has 2 unspecified atom stereocenters. The number of para-hydroxylation sites is 1. The van der Waals surface area contributed by atoms with Crippen LogP contribution in [0.25, 0.3) is 10.9 Å². The van der Waals surface area contributed by atoms with Gasteiger partial charge in [0.1, 0.15) is 30.2 Å². The van der Waals surface area contributed by atoms with Gasteiger partial charge >= 0.3 is 5.97 Å². The van der Waals surface area contributed by atoms with Crippen molar-refractivity contribution in [3.63, 3.8) is 0 Å². The number of aromatic hydroxyl groups is 1. The summed E-state index contributed by atoms with van der Waals surface area (Å²) in [4.78, 5) is 41.2. The average Bonchev–Trinajstić information content (AvgIpc) is 2.86. The molecule has 0 saturated heterocycles. The first kappa shape index (κ1) is 24.5. The molecule has 10 nitrogen and oxygen atoms in total. The number of hydrogen-bond donors (Lipinski definition) is 5. The first-order chi connectivity index (χ1) is 16.4. The number of nitrogens with zero attached hydrogens (tertiary/aromatic N) is 1. The molecule has 0 saturated carbocycles. The smallest absolute Gasteiger partial charge is 0.325 e. The van der Waals surface area contributed by atoms with Crippen LogP contribution in [0.4, 0.5) is 5.82 Å². The molecule has 1 aromatic heterocycles. The topological polar surface area (TPSA) is 150 Å². The number of hydrogen-bond acceptors (Lipinski definition) is 8. The Morgan fingerprint density at radius 3 is 2.41 bits per heavy atom. The Morgan fingerprint density at radius 1 is 0.971 bits per heavy atom. The summed E-state index contributed by atoms with van der Waals surface area (Å²) < 4.78 is 4.47. The van der Waals surface area contributed by atoms with Gasteiger partial charge in [-0.1, -0.05) is 30.3 Å². The molecular formula is C24H26N4O6. The van der Waals surface area contributed by atoms with E-state index in [-0.39, 0.29) is 12.2 Å². The molecule has 5 N–H and O–H groups in total. The lowest BCUT2D eigenvalue weighted by Gasteiger charge is -2.22. The largest absolute Gasteiger partial charge is 0.508 e. The van der Waals surface area contributed by atoms with Crippen LogP contribution in [0.2, 0.25) is 0 Å². The van der Waals surface area contributed by atoms with Crippen LogP contribution in [-0.2, 0) is 25.5 Å². The van der Waals surface area contributed by atoms with E-state index in [1.165, 1.54) is 19.2 Å². The molecule has 0 aliphatic heterocycles. The number of carbonyl (C=O) groups excluding carboxylic acids is 3. The minimum Gasteiger partial charge on any atom is -0.508 e. The fourth-order valence-electron chi connectivity index (χ4n) is 3.22. The summed E-state index contributed by atoms with van der Waals surface area (Å²) in [6.07, 6.45) is 0.211. The van der Waals surface area contributed by atoms with Crippen LogP contribution in [0.3, 0.4) is 0 Å². The van der Waals surface area contributed by atoms with Gasteiger partial charge < -0.3 is 30.9 Å². The van der Waals surface area contributed by atoms with Gasteiger partial charge in [-0.05, 0) is 35.9 Å². The number of methoxy groups -OCH3 is 1. The third-order valence-electron chi connectivity index (χ3n) is 5.06. The summed E-state index contributed by atoms with van der Waals surface area (Å²) in [6, 6.07) is 15.4. The third kappa shape index (κ3) is 6.66. The van der Waals surface area contributed by atoms with Crippen molar-refractivity contribution in [2.24, 2.45) is 0 Å². The molecule has 3 aromatic rings. The number of anilines is 1. The number of phenolic OH excluding ortho intramolecular Hbond substituents is 1. The molecule has 3 rings (SSSR count). The Bertz CT molecular complexity index is 1150. The molecular weight excluding hydrogens is 440 g/mol. The van der Waals surface area contributed by atoms with E-state index in [2.05, 4.69) is 25.7 Å². The minimum absolute atomic E-state index is 0.0940. The Labute approximate surface area is 196 Å². The van der Waals surface area contributed by atoms with Crippen LogP contribution in [0.5, 0.6) is 5.75 Å². The molecule has 1 heterocycles. The van der Waals surface area contributed by atoms with Crippen molar-refractivity contribution in [1.29, 1.82) is 0 Å². The zero-order valence-electron chi connectivity index (χ0n) is 18.5. The van der Waals surface area contributed by atoms with Gasteiger partial charge in [-0.3, -0.25) is 14.4 Å². The zero-order chi connectivity index (χ0) is 24.5. The zero-order valence-corrected chi connectivity index (χ0v) is 18.5. The van der Waals surface area contributed by atoms with Crippen molar-refractivity contribution < 1.29 is 29.3 Å². The second kappa shape index (κ2) is 11.6. The van der Waals surface area contributed by atoms with E-state index in [9.17, 15) is 24.6 Å². The number of fused-ring (bicyclic) bond motifs is 1.